The number of carbonyl (C=O) groups is 1. The van der Waals surface area contributed by atoms with Crippen molar-refractivity contribution >= 4 is 17.2 Å². The van der Waals surface area contributed by atoms with Crippen molar-refractivity contribution in [3.05, 3.63) is 16.1 Å². The number of hydrogen-bond donors (Lipinski definition) is 1. The van der Waals surface area contributed by atoms with Crippen LogP contribution in [0, 0.1) is 11.8 Å². The molecule has 2 N–H and O–H groups in total. The fraction of sp³-hybridized carbons (Fsp3) is 0.692. The molecule has 1 aliphatic heterocycles. The number of rotatable bonds is 2. The lowest BCUT2D eigenvalue weighted by atomic mass is 9.92. The Balaban J connectivity index is 2.10. The van der Waals surface area contributed by atoms with E-state index in [1.165, 1.54) is 17.8 Å². The van der Waals surface area contributed by atoms with Gasteiger partial charge in [0.1, 0.15) is 10.7 Å². The zero-order chi connectivity index (χ0) is 13.3. The highest BCUT2D eigenvalue weighted by Crippen LogP contribution is 2.23. The SMILES string of the molecule is CC1CC(C)CN(C(=O)c2csc(C(C)N)n2)C1. The van der Waals surface area contributed by atoms with Crippen LogP contribution in [0.1, 0.15) is 48.7 Å². The van der Waals surface area contributed by atoms with E-state index in [9.17, 15) is 4.79 Å². The van der Waals surface area contributed by atoms with Gasteiger partial charge in [-0.15, -0.1) is 11.3 Å². The number of piperidine rings is 1. The van der Waals surface area contributed by atoms with Gasteiger partial charge in [0.05, 0.1) is 6.04 Å². The molecule has 1 fully saturated rings. The molecule has 1 aliphatic rings. The first-order valence-electron chi connectivity index (χ1n) is 6.47. The molecule has 0 aliphatic carbocycles. The minimum atomic E-state index is -0.101. The van der Waals surface area contributed by atoms with Gasteiger partial charge in [0.2, 0.25) is 0 Å². The van der Waals surface area contributed by atoms with Crippen LogP contribution in [0.5, 0.6) is 0 Å². The summed E-state index contributed by atoms with van der Waals surface area (Å²) in [6.07, 6.45) is 1.20. The highest BCUT2D eigenvalue weighted by Gasteiger charge is 2.27. The zero-order valence-corrected chi connectivity index (χ0v) is 12.0. The molecule has 0 aromatic carbocycles. The normalized spacial score (nSPS) is 26.1. The van der Waals surface area contributed by atoms with Crippen LogP contribution in [-0.2, 0) is 0 Å². The van der Waals surface area contributed by atoms with Gasteiger partial charge in [-0.3, -0.25) is 4.79 Å². The average molecular weight is 267 g/mol. The Kier molecular flexibility index (Phi) is 4.02. The molecule has 1 aromatic rings. The summed E-state index contributed by atoms with van der Waals surface area (Å²) in [5, 5.41) is 2.65. The summed E-state index contributed by atoms with van der Waals surface area (Å²) in [5.41, 5.74) is 6.32. The zero-order valence-electron chi connectivity index (χ0n) is 11.2. The molecular formula is C13H21N3OS. The lowest BCUT2D eigenvalue weighted by Crippen LogP contribution is -2.42. The van der Waals surface area contributed by atoms with E-state index in [2.05, 4.69) is 18.8 Å². The third kappa shape index (κ3) is 2.90. The summed E-state index contributed by atoms with van der Waals surface area (Å²) < 4.78 is 0. The molecule has 0 spiro atoms. The third-order valence-electron chi connectivity index (χ3n) is 3.29. The second kappa shape index (κ2) is 5.36. The van der Waals surface area contributed by atoms with E-state index in [0.717, 1.165) is 18.1 Å². The number of aromatic nitrogens is 1. The number of nitrogens with two attached hydrogens (primary N) is 1. The molecule has 0 saturated carbocycles. The van der Waals surface area contributed by atoms with E-state index in [4.69, 9.17) is 5.73 Å². The van der Waals surface area contributed by atoms with Crippen LogP contribution in [0.4, 0.5) is 0 Å². The van der Waals surface area contributed by atoms with Crippen molar-refractivity contribution < 1.29 is 4.79 Å². The number of hydrogen-bond acceptors (Lipinski definition) is 4. The average Bonchev–Trinajstić information content (AvgIpc) is 2.75. The number of nitrogens with zero attached hydrogens (tertiary/aromatic N) is 2. The van der Waals surface area contributed by atoms with E-state index in [1.807, 2.05) is 17.2 Å². The molecule has 18 heavy (non-hydrogen) atoms. The quantitative estimate of drug-likeness (QED) is 0.894. The molecule has 2 heterocycles. The standard InChI is InChI=1S/C13H21N3OS/c1-8-4-9(2)6-16(5-8)13(17)11-7-18-12(15-11)10(3)14/h7-10H,4-6,14H2,1-3H3. The third-order valence-corrected chi connectivity index (χ3v) is 4.33. The first-order chi connectivity index (χ1) is 8.47. The predicted molar refractivity (Wildman–Crippen MR) is 73.6 cm³/mol. The first kappa shape index (κ1) is 13.5. The van der Waals surface area contributed by atoms with E-state index in [1.54, 1.807) is 0 Å². The Morgan fingerprint density at radius 2 is 2.11 bits per heavy atom. The van der Waals surface area contributed by atoms with E-state index in [-0.39, 0.29) is 11.9 Å². The molecular weight excluding hydrogens is 246 g/mol. The van der Waals surface area contributed by atoms with Crippen LogP contribution in [0.15, 0.2) is 5.38 Å². The Morgan fingerprint density at radius 1 is 1.50 bits per heavy atom. The predicted octanol–water partition coefficient (Wildman–Crippen LogP) is 2.28. The Labute approximate surface area is 112 Å². The molecule has 1 aromatic heterocycles. The number of thiazole rings is 1. The fourth-order valence-corrected chi connectivity index (χ4v) is 3.34. The maximum absolute atomic E-state index is 12.4. The van der Waals surface area contributed by atoms with Crippen LogP contribution in [-0.4, -0.2) is 28.9 Å². The molecule has 1 saturated heterocycles. The van der Waals surface area contributed by atoms with Crippen LogP contribution >= 0.6 is 11.3 Å². The molecule has 0 radical (unpaired) electrons. The van der Waals surface area contributed by atoms with Gasteiger partial charge >= 0.3 is 0 Å². The van der Waals surface area contributed by atoms with Crippen molar-refractivity contribution in [2.45, 2.75) is 33.2 Å². The van der Waals surface area contributed by atoms with Gasteiger partial charge in [0.25, 0.3) is 5.91 Å². The van der Waals surface area contributed by atoms with Gasteiger partial charge in [-0.05, 0) is 25.2 Å². The second-order valence-electron chi connectivity index (χ2n) is 5.52. The molecule has 5 heteroatoms. The molecule has 4 nitrogen and oxygen atoms in total. The molecule has 100 valence electrons. The second-order valence-corrected chi connectivity index (χ2v) is 6.41. The largest absolute Gasteiger partial charge is 0.337 e. The number of likely N-dealkylation sites (tertiary alicyclic amines) is 1. The lowest BCUT2D eigenvalue weighted by molar-refractivity contribution is 0.0618. The molecule has 0 bridgehead atoms. The molecule has 3 unspecified atom stereocenters. The van der Waals surface area contributed by atoms with Crippen LogP contribution in [0.3, 0.4) is 0 Å². The van der Waals surface area contributed by atoms with Crippen molar-refractivity contribution in [1.82, 2.24) is 9.88 Å². The van der Waals surface area contributed by atoms with Gasteiger partial charge in [0.15, 0.2) is 0 Å². The van der Waals surface area contributed by atoms with Crippen molar-refractivity contribution in [1.29, 1.82) is 0 Å². The van der Waals surface area contributed by atoms with Crippen LogP contribution in [0.25, 0.3) is 0 Å². The van der Waals surface area contributed by atoms with Gasteiger partial charge < -0.3 is 10.6 Å². The van der Waals surface area contributed by atoms with Crippen LogP contribution < -0.4 is 5.73 Å². The van der Waals surface area contributed by atoms with Gasteiger partial charge in [-0.1, -0.05) is 13.8 Å². The summed E-state index contributed by atoms with van der Waals surface area (Å²) in [6, 6.07) is -0.101. The van der Waals surface area contributed by atoms with Crippen molar-refractivity contribution in [2.75, 3.05) is 13.1 Å². The summed E-state index contributed by atoms with van der Waals surface area (Å²) in [5.74, 6) is 1.20. The monoisotopic (exact) mass is 267 g/mol. The highest BCUT2D eigenvalue weighted by molar-refractivity contribution is 7.09. The summed E-state index contributed by atoms with van der Waals surface area (Å²) in [4.78, 5) is 18.6. The minimum absolute atomic E-state index is 0.0524. The summed E-state index contributed by atoms with van der Waals surface area (Å²) in [7, 11) is 0. The Morgan fingerprint density at radius 3 is 2.61 bits per heavy atom. The van der Waals surface area contributed by atoms with E-state index in [0.29, 0.717) is 17.5 Å². The molecule has 2 rings (SSSR count). The van der Waals surface area contributed by atoms with E-state index < -0.39 is 0 Å². The Bertz CT molecular complexity index is 420. The van der Waals surface area contributed by atoms with Gasteiger partial charge in [-0.25, -0.2) is 4.98 Å². The fourth-order valence-electron chi connectivity index (χ4n) is 2.59. The maximum atomic E-state index is 12.4. The van der Waals surface area contributed by atoms with Crippen molar-refractivity contribution in [3.63, 3.8) is 0 Å². The highest BCUT2D eigenvalue weighted by atomic mass is 32.1. The minimum Gasteiger partial charge on any atom is -0.337 e. The van der Waals surface area contributed by atoms with Crippen molar-refractivity contribution in [2.24, 2.45) is 17.6 Å². The van der Waals surface area contributed by atoms with Crippen molar-refractivity contribution in [3.8, 4) is 0 Å². The van der Waals surface area contributed by atoms with Crippen LogP contribution in [0.2, 0.25) is 0 Å². The topological polar surface area (TPSA) is 59.2 Å². The molecule has 3 atom stereocenters. The lowest BCUT2D eigenvalue weighted by Gasteiger charge is -2.34. The molecule has 1 amide bonds. The first-order valence-corrected chi connectivity index (χ1v) is 7.35. The number of amides is 1. The van der Waals surface area contributed by atoms with Gasteiger partial charge in [0, 0.05) is 18.5 Å². The Hall–Kier alpha value is -0.940. The smallest absolute Gasteiger partial charge is 0.273 e. The van der Waals surface area contributed by atoms with E-state index >= 15 is 0 Å². The summed E-state index contributed by atoms with van der Waals surface area (Å²) >= 11 is 1.47. The summed E-state index contributed by atoms with van der Waals surface area (Å²) in [6.45, 7) is 7.97. The maximum Gasteiger partial charge on any atom is 0.273 e. The van der Waals surface area contributed by atoms with Gasteiger partial charge in [-0.2, -0.15) is 0 Å². The number of carbonyl (C=O) groups excluding carboxylic acids is 1.